The summed E-state index contributed by atoms with van der Waals surface area (Å²) in [6, 6.07) is 23.6. The molecule has 164 valence electrons. The number of hydrogen-bond donors (Lipinski definition) is 1. The highest BCUT2D eigenvalue weighted by Gasteiger charge is 2.39. The molecule has 0 atom stereocenters. The van der Waals surface area contributed by atoms with Gasteiger partial charge in [0.1, 0.15) is 11.5 Å². The zero-order valence-electron chi connectivity index (χ0n) is 18.6. The Hall–Kier alpha value is -3.38. The molecule has 0 fully saturated rings. The summed E-state index contributed by atoms with van der Waals surface area (Å²) in [6.07, 6.45) is 0. The van der Waals surface area contributed by atoms with Gasteiger partial charge >= 0.3 is 0 Å². The minimum atomic E-state index is -0.763. The number of amides is 1. The van der Waals surface area contributed by atoms with Gasteiger partial charge in [-0.2, -0.15) is 0 Å². The summed E-state index contributed by atoms with van der Waals surface area (Å²) in [5.41, 5.74) is 2.18. The maximum Gasteiger partial charge on any atom is 0.232 e. The Balaban J connectivity index is 1.70. The standard InChI is InChI=1S/C26H26N2O3S/c1-26(2,24(29)28-25-27-21-7-5-6-8-22(21)32-25)23(17-9-13-19(30-3)14-10-17)18-11-15-20(31-4)16-12-18/h5-16,23H,1-4H3,(H,27,28,29). The van der Waals surface area contributed by atoms with Gasteiger partial charge in [0, 0.05) is 5.92 Å². The van der Waals surface area contributed by atoms with Gasteiger partial charge in [-0.15, -0.1) is 0 Å². The number of nitrogens with one attached hydrogen (secondary N) is 1. The largest absolute Gasteiger partial charge is 0.497 e. The van der Waals surface area contributed by atoms with Crippen LogP contribution in [0.1, 0.15) is 30.9 Å². The molecular weight excluding hydrogens is 420 g/mol. The summed E-state index contributed by atoms with van der Waals surface area (Å²) >= 11 is 1.48. The monoisotopic (exact) mass is 446 g/mol. The van der Waals surface area contributed by atoms with Gasteiger partial charge in [0.15, 0.2) is 5.13 Å². The highest BCUT2D eigenvalue weighted by Crippen LogP contribution is 2.43. The predicted octanol–water partition coefficient (Wildman–Crippen LogP) is 6.11. The number of fused-ring (bicyclic) bond motifs is 1. The Labute approximate surface area is 192 Å². The van der Waals surface area contributed by atoms with Crippen LogP contribution in [0.3, 0.4) is 0 Å². The number of thiazole rings is 1. The van der Waals surface area contributed by atoms with Crippen molar-refractivity contribution in [1.82, 2.24) is 4.98 Å². The number of methoxy groups -OCH3 is 2. The van der Waals surface area contributed by atoms with Crippen LogP contribution in [-0.4, -0.2) is 25.1 Å². The molecule has 32 heavy (non-hydrogen) atoms. The van der Waals surface area contributed by atoms with E-state index in [1.165, 1.54) is 11.3 Å². The molecule has 0 aliphatic carbocycles. The first-order valence-electron chi connectivity index (χ1n) is 10.4. The van der Waals surface area contributed by atoms with Crippen molar-refractivity contribution in [2.75, 3.05) is 19.5 Å². The Morgan fingerprint density at radius 1 is 0.875 bits per heavy atom. The Morgan fingerprint density at radius 3 is 1.91 bits per heavy atom. The average Bonchev–Trinajstić information content (AvgIpc) is 3.22. The molecule has 5 nitrogen and oxygen atoms in total. The lowest BCUT2D eigenvalue weighted by Gasteiger charge is -2.34. The highest BCUT2D eigenvalue weighted by molar-refractivity contribution is 7.22. The number of rotatable bonds is 7. The smallest absolute Gasteiger partial charge is 0.232 e. The maximum absolute atomic E-state index is 13.6. The van der Waals surface area contributed by atoms with Gasteiger partial charge in [0.05, 0.1) is 29.9 Å². The Bertz CT molecular complexity index is 1130. The van der Waals surface area contributed by atoms with Gasteiger partial charge in [-0.05, 0) is 47.5 Å². The molecule has 1 heterocycles. The first-order chi connectivity index (χ1) is 15.4. The minimum absolute atomic E-state index is 0.0896. The van der Waals surface area contributed by atoms with Crippen molar-refractivity contribution in [3.63, 3.8) is 0 Å². The third kappa shape index (κ3) is 4.32. The fourth-order valence-electron chi connectivity index (χ4n) is 3.93. The van der Waals surface area contributed by atoms with Crippen molar-refractivity contribution in [3.05, 3.63) is 83.9 Å². The SMILES string of the molecule is COc1ccc(C(c2ccc(OC)cc2)C(C)(C)C(=O)Nc2nc3ccccc3s2)cc1. The summed E-state index contributed by atoms with van der Waals surface area (Å²) in [6.45, 7) is 3.93. The lowest BCUT2D eigenvalue weighted by molar-refractivity contribution is -0.124. The first kappa shape index (κ1) is 21.8. The van der Waals surface area contributed by atoms with E-state index in [1.54, 1.807) is 14.2 Å². The van der Waals surface area contributed by atoms with E-state index in [-0.39, 0.29) is 11.8 Å². The minimum Gasteiger partial charge on any atom is -0.497 e. The molecule has 1 amide bonds. The number of hydrogen-bond acceptors (Lipinski definition) is 5. The molecule has 4 rings (SSSR count). The Morgan fingerprint density at radius 2 is 1.41 bits per heavy atom. The summed E-state index contributed by atoms with van der Waals surface area (Å²) in [5.74, 6) is 1.28. The van der Waals surface area contributed by atoms with Crippen LogP contribution in [0.15, 0.2) is 72.8 Å². The molecule has 1 aromatic heterocycles. The van der Waals surface area contributed by atoms with E-state index in [0.29, 0.717) is 5.13 Å². The van der Waals surface area contributed by atoms with Crippen LogP contribution < -0.4 is 14.8 Å². The molecule has 0 bridgehead atoms. The van der Waals surface area contributed by atoms with Gasteiger partial charge in [-0.25, -0.2) is 4.98 Å². The van der Waals surface area contributed by atoms with E-state index >= 15 is 0 Å². The highest BCUT2D eigenvalue weighted by atomic mass is 32.1. The fourth-order valence-corrected chi connectivity index (χ4v) is 4.79. The van der Waals surface area contributed by atoms with E-state index in [1.807, 2.05) is 86.6 Å². The van der Waals surface area contributed by atoms with E-state index in [9.17, 15) is 4.79 Å². The van der Waals surface area contributed by atoms with Crippen molar-refractivity contribution in [2.24, 2.45) is 5.41 Å². The summed E-state index contributed by atoms with van der Waals surface area (Å²) in [5, 5.41) is 3.66. The van der Waals surface area contributed by atoms with Gasteiger partial charge in [0.2, 0.25) is 5.91 Å². The number of carbonyl (C=O) groups excluding carboxylic acids is 1. The molecule has 0 saturated heterocycles. The van der Waals surface area contributed by atoms with Crippen LogP contribution in [0.25, 0.3) is 10.2 Å². The third-order valence-corrected chi connectivity index (χ3v) is 6.67. The number of ether oxygens (including phenoxy) is 2. The van der Waals surface area contributed by atoms with Crippen LogP contribution in [-0.2, 0) is 4.79 Å². The van der Waals surface area contributed by atoms with Crippen molar-refractivity contribution < 1.29 is 14.3 Å². The van der Waals surface area contributed by atoms with Crippen LogP contribution in [0, 0.1) is 5.41 Å². The molecule has 0 saturated carbocycles. The number of para-hydroxylation sites is 1. The molecular formula is C26H26N2O3S. The van der Waals surface area contributed by atoms with Crippen molar-refractivity contribution in [3.8, 4) is 11.5 Å². The third-order valence-electron chi connectivity index (χ3n) is 5.72. The second-order valence-electron chi connectivity index (χ2n) is 8.14. The number of aromatic nitrogens is 1. The maximum atomic E-state index is 13.6. The number of carbonyl (C=O) groups is 1. The molecule has 0 aliphatic heterocycles. The molecule has 4 aromatic rings. The van der Waals surface area contributed by atoms with Crippen molar-refractivity contribution in [1.29, 1.82) is 0 Å². The molecule has 0 radical (unpaired) electrons. The molecule has 0 aliphatic rings. The average molecular weight is 447 g/mol. The second kappa shape index (κ2) is 9.01. The fraction of sp³-hybridized carbons (Fsp3) is 0.231. The zero-order valence-corrected chi connectivity index (χ0v) is 19.4. The molecule has 0 spiro atoms. The summed E-state index contributed by atoms with van der Waals surface area (Å²) < 4.78 is 11.7. The zero-order chi connectivity index (χ0) is 22.7. The van der Waals surface area contributed by atoms with Gasteiger partial charge in [-0.3, -0.25) is 4.79 Å². The normalized spacial score (nSPS) is 11.5. The molecule has 0 unspecified atom stereocenters. The number of anilines is 1. The van der Waals surface area contributed by atoms with Gasteiger partial charge in [0.25, 0.3) is 0 Å². The number of benzene rings is 3. The quantitative estimate of drug-likeness (QED) is 0.372. The molecule has 3 aromatic carbocycles. The van der Waals surface area contributed by atoms with Gasteiger partial charge in [-0.1, -0.05) is 61.6 Å². The lowest BCUT2D eigenvalue weighted by atomic mass is 9.70. The summed E-state index contributed by atoms with van der Waals surface area (Å²) in [4.78, 5) is 18.1. The molecule has 6 heteroatoms. The number of nitrogens with zero attached hydrogens (tertiary/aromatic N) is 1. The van der Waals surface area contributed by atoms with Crippen LogP contribution in [0.2, 0.25) is 0 Å². The lowest BCUT2D eigenvalue weighted by Crippen LogP contribution is -2.37. The van der Waals surface area contributed by atoms with Crippen LogP contribution >= 0.6 is 11.3 Å². The van der Waals surface area contributed by atoms with Gasteiger partial charge < -0.3 is 14.8 Å². The van der Waals surface area contributed by atoms with E-state index < -0.39 is 5.41 Å². The predicted molar refractivity (Wildman–Crippen MR) is 130 cm³/mol. The molecule has 1 N–H and O–H groups in total. The summed E-state index contributed by atoms with van der Waals surface area (Å²) in [7, 11) is 3.29. The van der Waals surface area contributed by atoms with Crippen molar-refractivity contribution >= 4 is 32.6 Å². The van der Waals surface area contributed by atoms with Crippen molar-refractivity contribution in [2.45, 2.75) is 19.8 Å². The second-order valence-corrected chi connectivity index (χ2v) is 9.17. The first-order valence-corrected chi connectivity index (χ1v) is 11.2. The topological polar surface area (TPSA) is 60.5 Å². The van der Waals surface area contributed by atoms with Crippen LogP contribution in [0.5, 0.6) is 11.5 Å². The Kier molecular flexibility index (Phi) is 6.15. The van der Waals surface area contributed by atoms with E-state index in [2.05, 4.69) is 10.3 Å². The van der Waals surface area contributed by atoms with E-state index in [4.69, 9.17) is 9.47 Å². The van der Waals surface area contributed by atoms with E-state index in [0.717, 1.165) is 32.8 Å². The van der Waals surface area contributed by atoms with Crippen LogP contribution in [0.4, 0.5) is 5.13 Å².